The lowest BCUT2D eigenvalue weighted by atomic mass is 9.76. The van der Waals surface area contributed by atoms with Gasteiger partial charge in [0.2, 0.25) is 0 Å². The molecule has 1 N–H and O–H groups in total. The summed E-state index contributed by atoms with van der Waals surface area (Å²) >= 11 is 3.63. The van der Waals surface area contributed by atoms with E-state index in [1.54, 1.807) is 7.11 Å². The fraction of sp³-hybridized carbons (Fsp3) is 0.600. The first kappa shape index (κ1) is 14.0. The summed E-state index contributed by atoms with van der Waals surface area (Å²) in [6.45, 7) is 5.14. The maximum Gasteiger partial charge on any atom is 0.0746 e. The van der Waals surface area contributed by atoms with Crippen LogP contribution < -0.4 is 5.32 Å². The van der Waals surface area contributed by atoms with Crippen LogP contribution in [0.1, 0.15) is 38.2 Å². The van der Waals surface area contributed by atoms with Crippen LogP contribution in [0.5, 0.6) is 0 Å². The quantitative estimate of drug-likeness (QED) is 0.895. The van der Waals surface area contributed by atoms with E-state index in [4.69, 9.17) is 4.74 Å². The molecule has 0 aliphatic heterocycles. The first-order valence-corrected chi connectivity index (χ1v) is 7.34. The second kappa shape index (κ2) is 5.72. The molecule has 0 radical (unpaired) electrons. The number of hydrogen-bond donors (Lipinski definition) is 1. The first-order valence-electron chi connectivity index (χ1n) is 6.55. The van der Waals surface area contributed by atoms with Gasteiger partial charge < -0.3 is 10.1 Å². The number of rotatable bonds is 5. The highest BCUT2D eigenvalue weighted by Gasteiger charge is 2.32. The molecule has 0 atom stereocenters. The van der Waals surface area contributed by atoms with Gasteiger partial charge in [-0.25, -0.2) is 0 Å². The molecular weight excluding hydrogens is 290 g/mol. The zero-order valence-electron chi connectivity index (χ0n) is 11.4. The monoisotopic (exact) mass is 311 g/mol. The van der Waals surface area contributed by atoms with E-state index >= 15 is 0 Å². The van der Waals surface area contributed by atoms with E-state index in [1.807, 2.05) is 0 Å². The van der Waals surface area contributed by atoms with E-state index in [0.717, 1.165) is 6.54 Å². The summed E-state index contributed by atoms with van der Waals surface area (Å²) in [5, 5.41) is 3.59. The summed E-state index contributed by atoms with van der Waals surface area (Å²) in [4.78, 5) is 0. The Balaban J connectivity index is 1.79. The molecule has 0 bridgehead atoms. The molecule has 2 nitrogen and oxygen atoms in total. The average molecular weight is 312 g/mol. The fourth-order valence-corrected chi connectivity index (χ4v) is 2.92. The molecule has 100 valence electrons. The molecule has 18 heavy (non-hydrogen) atoms. The van der Waals surface area contributed by atoms with Crippen LogP contribution in [0.15, 0.2) is 28.7 Å². The van der Waals surface area contributed by atoms with Crippen LogP contribution in [0.4, 0.5) is 0 Å². The molecule has 2 rings (SSSR count). The van der Waals surface area contributed by atoms with Crippen molar-refractivity contribution in [3.8, 4) is 0 Å². The van der Waals surface area contributed by atoms with E-state index in [9.17, 15) is 0 Å². The van der Waals surface area contributed by atoms with Crippen molar-refractivity contribution in [1.82, 2.24) is 5.32 Å². The van der Waals surface area contributed by atoms with Gasteiger partial charge in [0.1, 0.15) is 0 Å². The van der Waals surface area contributed by atoms with Crippen molar-refractivity contribution in [3.63, 3.8) is 0 Å². The van der Waals surface area contributed by atoms with Crippen LogP contribution in [0.25, 0.3) is 0 Å². The third-order valence-corrected chi connectivity index (χ3v) is 4.57. The second-order valence-corrected chi connectivity index (χ2v) is 6.59. The normalized spacial score (nSPS) is 23.8. The number of halogens is 1. The van der Waals surface area contributed by atoms with Gasteiger partial charge in [0.05, 0.1) is 5.60 Å². The Kier molecular flexibility index (Phi) is 4.46. The van der Waals surface area contributed by atoms with Gasteiger partial charge in [0.15, 0.2) is 0 Å². The van der Waals surface area contributed by atoms with Crippen LogP contribution in [0.3, 0.4) is 0 Å². The summed E-state index contributed by atoms with van der Waals surface area (Å²) in [6.07, 6.45) is 2.45. The van der Waals surface area contributed by atoms with E-state index in [2.05, 4.69) is 59.4 Å². The van der Waals surface area contributed by atoms with Crippen LogP contribution in [0.2, 0.25) is 0 Å². The largest absolute Gasteiger partial charge is 0.377 e. The molecule has 1 aliphatic carbocycles. The molecular formula is C15H22BrNO. The Labute approximate surface area is 118 Å². The molecule has 0 spiro atoms. The minimum Gasteiger partial charge on any atom is -0.377 e. The van der Waals surface area contributed by atoms with Crippen molar-refractivity contribution in [3.05, 3.63) is 34.3 Å². The van der Waals surface area contributed by atoms with Crippen molar-refractivity contribution in [2.24, 2.45) is 0 Å². The lowest BCUT2D eigenvalue weighted by Crippen LogP contribution is -2.46. The molecule has 0 amide bonds. The van der Waals surface area contributed by atoms with Gasteiger partial charge in [-0.05, 0) is 44.2 Å². The van der Waals surface area contributed by atoms with Gasteiger partial charge in [0.25, 0.3) is 0 Å². The minimum atomic E-state index is -0.0710. The van der Waals surface area contributed by atoms with Crippen molar-refractivity contribution >= 4 is 15.9 Å². The van der Waals surface area contributed by atoms with Gasteiger partial charge in [-0.1, -0.05) is 34.1 Å². The number of ether oxygens (including phenoxy) is 1. The number of benzene rings is 1. The predicted molar refractivity (Wildman–Crippen MR) is 79.0 cm³/mol. The molecule has 1 fully saturated rings. The van der Waals surface area contributed by atoms with Gasteiger partial charge in [-0.15, -0.1) is 0 Å². The Bertz CT molecular complexity index is 399. The number of methoxy groups -OCH3 is 1. The van der Waals surface area contributed by atoms with Crippen LogP contribution in [0, 0.1) is 0 Å². The molecule has 1 aliphatic rings. The van der Waals surface area contributed by atoms with Gasteiger partial charge >= 0.3 is 0 Å². The molecule has 0 saturated heterocycles. The second-order valence-electron chi connectivity index (χ2n) is 5.73. The summed E-state index contributed by atoms with van der Waals surface area (Å²) in [5.41, 5.74) is 1.37. The lowest BCUT2D eigenvalue weighted by Gasteiger charge is -2.38. The van der Waals surface area contributed by atoms with Crippen molar-refractivity contribution in [2.75, 3.05) is 13.7 Å². The maximum absolute atomic E-state index is 5.42. The highest BCUT2D eigenvalue weighted by atomic mass is 79.9. The predicted octanol–water partition coefficient (Wildman–Crippen LogP) is 3.71. The van der Waals surface area contributed by atoms with E-state index in [-0.39, 0.29) is 5.60 Å². The SMILES string of the molecule is COC(C)(C)CNC1CC(c2ccccc2Br)C1. The molecule has 0 unspecified atom stereocenters. The van der Waals surface area contributed by atoms with Crippen LogP contribution >= 0.6 is 15.9 Å². The Morgan fingerprint density at radius 2 is 2.00 bits per heavy atom. The van der Waals surface area contributed by atoms with Crippen molar-refractivity contribution in [1.29, 1.82) is 0 Å². The van der Waals surface area contributed by atoms with E-state index in [1.165, 1.54) is 22.9 Å². The Hall–Kier alpha value is -0.380. The molecule has 1 saturated carbocycles. The maximum atomic E-state index is 5.42. The molecule has 3 heteroatoms. The summed E-state index contributed by atoms with van der Waals surface area (Å²) in [5.74, 6) is 0.698. The molecule has 0 aromatic heterocycles. The first-order chi connectivity index (χ1) is 8.52. The molecule has 1 aromatic carbocycles. The Morgan fingerprint density at radius 1 is 1.33 bits per heavy atom. The lowest BCUT2D eigenvalue weighted by molar-refractivity contribution is 0.0180. The highest BCUT2D eigenvalue weighted by molar-refractivity contribution is 9.10. The Morgan fingerprint density at radius 3 is 2.61 bits per heavy atom. The van der Waals surface area contributed by atoms with E-state index in [0.29, 0.717) is 12.0 Å². The fourth-order valence-electron chi connectivity index (χ4n) is 2.31. The average Bonchev–Trinajstić information content (AvgIpc) is 2.29. The van der Waals surface area contributed by atoms with Crippen LogP contribution in [-0.4, -0.2) is 25.3 Å². The number of nitrogens with one attached hydrogen (secondary N) is 1. The topological polar surface area (TPSA) is 21.3 Å². The zero-order chi connectivity index (χ0) is 13.2. The summed E-state index contributed by atoms with van der Waals surface area (Å²) in [6, 6.07) is 9.18. The van der Waals surface area contributed by atoms with Crippen molar-refractivity contribution < 1.29 is 4.74 Å². The standard InChI is InChI=1S/C15H22BrNO/c1-15(2,18-3)10-17-12-8-11(9-12)13-6-4-5-7-14(13)16/h4-7,11-12,17H,8-10H2,1-3H3. The third-order valence-electron chi connectivity index (χ3n) is 3.85. The minimum absolute atomic E-state index is 0.0710. The summed E-state index contributed by atoms with van der Waals surface area (Å²) in [7, 11) is 1.77. The van der Waals surface area contributed by atoms with Crippen molar-refractivity contribution in [2.45, 2.75) is 44.2 Å². The molecule has 1 aromatic rings. The van der Waals surface area contributed by atoms with Gasteiger partial charge in [-0.2, -0.15) is 0 Å². The summed E-state index contributed by atoms with van der Waals surface area (Å²) < 4.78 is 6.66. The third kappa shape index (κ3) is 3.34. The zero-order valence-corrected chi connectivity index (χ0v) is 13.0. The molecule has 0 heterocycles. The van der Waals surface area contributed by atoms with Gasteiger partial charge in [-0.3, -0.25) is 0 Å². The van der Waals surface area contributed by atoms with E-state index < -0.39 is 0 Å². The number of hydrogen-bond acceptors (Lipinski definition) is 2. The smallest absolute Gasteiger partial charge is 0.0746 e. The highest BCUT2D eigenvalue weighted by Crippen LogP contribution is 2.40. The van der Waals surface area contributed by atoms with Crippen LogP contribution in [-0.2, 0) is 4.74 Å². The van der Waals surface area contributed by atoms with Gasteiger partial charge in [0, 0.05) is 24.2 Å².